The Morgan fingerprint density at radius 3 is 2.53 bits per heavy atom. The SMILES string of the molecule is CCCN(C(C)C)S(=O)(=O)c1cc(CN)cs1. The van der Waals surface area contributed by atoms with Crippen molar-refractivity contribution in [1.29, 1.82) is 0 Å². The molecule has 1 aromatic rings. The van der Waals surface area contributed by atoms with Gasteiger partial charge in [-0.3, -0.25) is 0 Å². The van der Waals surface area contributed by atoms with Crippen LogP contribution in [0.5, 0.6) is 0 Å². The summed E-state index contributed by atoms with van der Waals surface area (Å²) < 4.78 is 26.7. The maximum Gasteiger partial charge on any atom is 0.252 e. The molecule has 0 spiro atoms. The number of hydrogen-bond donors (Lipinski definition) is 1. The van der Waals surface area contributed by atoms with Gasteiger partial charge >= 0.3 is 0 Å². The van der Waals surface area contributed by atoms with Crippen molar-refractivity contribution < 1.29 is 8.42 Å². The summed E-state index contributed by atoms with van der Waals surface area (Å²) in [5.74, 6) is 0. The third-order valence-corrected chi connectivity index (χ3v) is 5.99. The van der Waals surface area contributed by atoms with Crippen LogP contribution in [-0.4, -0.2) is 25.3 Å². The van der Waals surface area contributed by atoms with Gasteiger partial charge < -0.3 is 5.73 Å². The van der Waals surface area contributed by atoms with Crippen LogP contribution < -0.4 is 5.73 Å². The summed E-state index contributed by atoms with van der Waals surface area (Å²) in [7, 11) is -3.36. The highest BCUT2D eigenvalue weighted by atomic mass is 32.2. The van der Waals surface area contributed by atoms with Crippen LogP contribution in [-0.2, 0) is 16.6 Å². The molecule has 98 valence electrons. The lowest BCUT2D eigenvalue weighted by atomic mass is 10.3. The van der Waals surface area contributed by atoms with Gasteiger partial charge in [-0.05, 0) is 37.3 Å². The van der Waals surface area contributed by atoms with E-state index in [1.165, 1.54) is 11.3 Å². The number of hydrogen-bond acceptors (Lipinski definition) is 4. The predicted molar refractivity (Wildman–Crippen MR) is 71.5 cm³/mol. The Morgan fingerprint density at radius 1 is 1.47 bits per heavy atom. The molecule has 0 radical (unpaired) electrons. The van der Waals surface area contributed by atoms with Crippen molar-refractivity contribution in [1.82, 2.24) is 4.31 Å². The molecule has 1 aromatic heterocycles. The molecule has 2 N–H and O–H groups in total. The summed E-state index contributed by atoms with van der Waals surface area (Å²) in [6.45, 7) is 6.69. The van der Waals surface area contributed by atoms with E-state index < -0.39 is 10.0 Å². The van der Waals surface area contributed by atoms with Crippen molar-refractivity contribution in [2.45, 2.75) is 44.0 Å². The van der Waals surface area contributed by atoms with E-state index in [4.69, 9.17) is 5.73 Å². The molecular weight excluding hydrogens is 256 g/mol. The Kier molecular flexibility index (Phi) is 5.12. The van der Waals surface area contributed by atoms with Crippen molar-refractivity contribution >= 4 is 21.4 Å². The first-order valence-electron chi connectivity index (χ1n) is 5.72. The fourth-order valence-corrected chi connectivity index (χ4v) is 4.67. The number of sulfonamides is 1. The largest absolute Gasteiger partial charge is 0.326 e. The van der Waals surface area contributed by atoms with Crippen molar-refractivity contribution in [3.05, 3.63) is 17.0 Å². The van der Waals surface area contributed by atoms with E-state index in [2.05, 4.69) is 0 Å². The number of nitrogens with zero attached hydrogens (tertiary/aromatic N) is 1. The van der Waals surface area contributed by atoms with E-state index in [0.29, 0.717) is 17.3 Å². The molecule has 0 saturated heterocycles. The molecular formula is C11H20N2O2S2. The van der Waals surface area contributed by atoms with Crippen LogP contribution in [0.4, 0.5) is 0 Å². The molecule has 0 aromatic carbocycles. The first-order valence-corrected chi connectivity index (χ1v) is 8.04. The van der Waals surface area contributed by atoms with Gasteiger partial charge in [0.1, 0.15) is 4.21 Å². The summed E-state index contributed by atoms with van der Waals surface area (Å²) in [6.07, 6.45) is 0.812. The average Bonchev–Trinajstić information content (AvgIpc) is 2.74. The summed E-state index contributed by atoms with van der Waals surface area (Å²) >= 11 is 1.24. The lowest BCUT2D eigenvalue weighted by Gasteiger charge is -2.24. The Hall–Kier alpha value is -0.430. The summed E-state index contributed by atoms with van der Waals surface area (Å²) in [5.41, 5.74) is 6.37. The molecule has 0 atom stereocenters. The van der Waals surface area contributed by atoms with Crippen LogP contribution in [0.15, 0.2) is 15.7 Å². The zero-order chi connectivity index (χ0) is 13.1. The second kappa shape index (κ2) is 5.95. The standard InChI is InChI=1S/C11H20N2O2S2/c1-4-5-13(9(2)3)17(14,15)11-6-10(7-12)8-16-11/h6,8-9H,4-5,7,12H2,1-3H3. The maximum atomic E-state index is 12.4. The van der Waals surface area contributed by atoms with Crippen LogP contribution in [0.2, 0.25) is 0 Å². The van der Waals surface area contributed by atoms with E-state index in [-0.39, 0.29) is 6.04 Å². The highest BCUT2D eigenvalue weighted by Crippen LogP contribution is 2.25. The number of nitrogens with two attached hydrogens (primary N) is 1. The minimum Gasteiger partial charge on any atom is -0.326 e. The quantitative estimate of drug-likeness (QED) is 0.864. The van der Waals surface area contributed by atoms with E-state index >= 15 is 0 Å². The van der Waals surface area contributed by atoms with Crippen LogP contribution in [0, 0.1) is 0 Å². The fourth-order valence-electron chi connectivity index (χ4n) is 1.59. The molecule has 0 amide bonds. The molecule has 0 fully saturated rings. The molecule has 1 rings (SSSR count). The van der Waals surface area contributed by atoms with Crippen molar-refractivity contribution in [2.24, 2.45) is 5.73 Å². The molecule has 4 nitrogen and oxygen atoms in total. The van der Waals surface area contributed by atoms with Crippen molar-refractivity contribution in [3.8, 4) is 0 Å². The molecule has 1 heterocycles. The molecule has 0 unspecified atom stereocenters. The van der Waals surface area contributed by atoms with Gasteiger partial charge in [-0.2, -0.15) is 4.31 Å². The van der Waals surface area contributed by atoms with Gasteiger partial charge in [0, 0.05) is 19.1 Å². The summed E-state index contributed by atoms with van der Waals surface area (Å²) in [6, 6.07) is 1.65. The second-order valence-electron chi connectivity index (χ2n) is 4.19. The Morgan fingerprint density at radius 2 is 2.12 bits per heavy atom. The van der Waals surface area contributed by atoms with Gasteiger partial charge in [0.05, 0.1) is 0 Å². The van der Waals surface area contributed by atoms with Crippen LogP contribution in [0.3, 0.4) is 0 Å². The average molecular weight is 276 g/mol. The van der Waals surface area contributed by atoms with Gasteiger partial charge in [-0.15, -0.1) is 11.3 Å². The predicted octanol–water partition coefficient (Wildman–Crippen LogP) is 2.02. The fraction of sp³-hybridized carbons (Fsp3) is 0.636. The van der Waals surface area contributed by atoms with Gasteiger partial charge in [0.25, 0.3) is 10.0 Å². The lowest BCUT2D eigenvalue weighted by Crippen LogP contribution is -2.37. The van der Waals surface area contributed by atoms with Crippen molar-refractivity contribution in [2.75, 3.05) is 6.54 Å². The minimum atomic E-state index is -3.36. The molecule has 0 bridgehead atoms. The first kappa shape index (κ1) is 14.6. The molecule has 6 heteroatoms. The van der Waals surface area contributed by atoms with Gasteiger partial charge in [-0.25, -0.2) is 8.42 Å². The van der Waals surface area contributed by atoms with E-state index in [1.807, 2.05) is 20.8 Å². The molecule has 0 saturated carbocycles. The zero-order valence-corrected chi connectivity index (χ0v) is 12.1. The van der Waals surface area contributed by atoms with Gasteiger partial charge in [0.2, 0.25) is 0 Å². The Balaban J connectivity index is 3.07. The monoisotopic (exact) mass is 276 g/mol. The summed E-state index contributed by atoms with van der Waals surface area (Å²) in [4.78, 5) is 0. The number of thiophene rings is 1. The van der Waals surface area contributed by atoms with E-state index in [0.717, 1.165) is 12.0 Å². The van der Waals surface area contributed by atoms with Crippen LogP contribution >= 0.6 is 11.3 Å². The van der Waals surface area contributed by atoms with Gasteiger partial charge in [0.15, 0.2) is 0 Å². The third kappa shape index (κ3) is 3.28. The molecule has 0 aliphatic heterocycles. The molecule has 0 aliphatic rings. The number of rotatable bonds is 6. The Bertz CT molecular complexity index is 452. The maximum absolute atomic E-state index is 12.4. The summed E-state index contributed by atoms with van der Waals surface area (Å²) in [5, 5.41) is 1.80. The third-order valence-electron chi connectivity index (χ3n) is 2.45. The lowest BCUT2D eigenvalue weighted by molar-refractivity contribution is 0.355. The second-order valence-corrected chi connectivity index (χ2v) is 7.22. The van der Waals surface area contributed by atoms with Crippen molar-refractivity contribution in [3.63, 3.8) is 0 Å². The zero-order valence-electron chi connectivity index (χ0n) is 10.5. The minimum absolute atomic E-state index is 0.0247. The van der Waals surface area contributed by atoms with Crippen LogP contribution in [0.1, 0.15) is 32.8 Å². The van der Waals surface area contributed by atoms with Crippen LogP contribution in [0.25, 0.3) is 0 Å². The topological polar surface area (TPSA) is 63.4 Å². The smallest absolute Gasteiger partial charge is 0.252 e. The Labute approximate surface area is 107 Å². The normalized spacial score (nSPS) is 12.6. The van der Waals surface area contributed by atoms with E-state index in [9.17, 15) is 8.42 Å². The highest BCUT2D eigenvalue weighted by Gasteiger charge is 2.27. The van der Waals surface area contributed by atoms with E-state index in [1.54, 1.807) is 15.8 Å². The molecule has 0 aliphatic carbocycles. The molecule has 17 heavy (non-hydrogen) atoms. The van der Waals surface area contributed by atoms with Gasteiger partial charge in [-0.1, -0.05) is 6.92 Å². The highest BCUT2D eigenvalue weighted by molar-refractivity contribution is 7.91. The first-order chi connectivity index (χ1) is 7.93.